The maximum absolute atomic E-state index is 7.37. The lowest BCUT2D eigenvalue weighted by atomic mass is 9.44. The minimum atomic E-state index is -0.209. The maximum Gasteiger partial charge on any atom is 0.333 e. The second-order valence-electron chi connectivity index (χ2n) is 25.8. The molecule has 0 N–H and O–H groups in total. The topological polar surface area (TPSA) is 24.6 Å². The Morgan fingerprint density at radius 1 is 0.461 bits per heavy atom. The van der Waals surface area contributed by atoms with Crippen LogP contribution in [0.2, 0.25) is 0 Å². The number of benzene rings is 9. The first-order chi connectivity index (χ1) is 36.2. The minimum absolute atomic E-state index is 0.00154. The molecule has 374 valence electrons. The normalized spacial score (nSPS) is 13.7. The molecule has 2 aliphatic heterocycles. The molecule has 2 aliphatic rings. The number of fused-ring (bicyclic) bond motifs is 16. The van der Waals surface area contributed by atoms with Crippen LogP contribution in [0.3, 0.4) is 0 Å². The lowest BCUT2D eigenvalue weighted by molar-refractivity contribution is 0.590. The molecule has 0 radical (unpaired) electrons. The summed E-state index contributed by atoms with van der Waals surface area (Å²) in [6, 6.07) is 65.2. The van der Waals surface area contributed by atoms with Crippen molar-refractivity contribution in [3.05, 3.63) is 192 Å². The molecule has 4 nitrogen and oxygen atoms in total. The Kier molecular flexibility index (Phi) is 9.89. The van der Waals surface area contributed by atoms with Gasteiger partial charge in [-0.15, -0.1) is 11.3 Å². The van der Waals surface area contributed by atoms with Crippen molar-refractivity contribution in [3.63, 3.8) is 0 Å². The number of aromatic nitrogens is 1. The number of para-hydroxylation sites is 1. The van der Waals surface area contributed by atoms with Crippen LogP contribution < -0.4 is 20.6 Å². The van der Waals surface area contributed by atoms with Gasteiger partial charge in [0.2, 0.25) is 0 Å². The zero-order valence-corrected chi connectivity index (χ0v) is 46.7. The summed E-state index contributed by atoms with van der Waals surface area (Å²) in [7, 11) is 0. The first-order valence-corrected chi connectivity index (χ1v) is 28.0. The summed E-state index contributed by atoms with van der Waals surface area (Å²) in [6.45, 7) is 27.5. The lowest BCUT2D eigenvalue weighted by Crippen LogP contribution is -2.60. The fourth-order valence-electron chi connectivity index (χ4n) is 12.7. The van der Waals surface area contributed by atoms with Gasteiger partial charge in [-0.05, 0) is 140 Å². The van der Waals surface area contributed by atoms with Crippen LogP contribution in [0, 0.1) is 0 Å². The van der Waals surface area contributed by atoms with Crippen LogP contribution in [0.1, 0.15) is 105 Å². The quantitative estimate of drug-likeness (QED) is 0.164. The van der Waals surface area contributed by atoms with Gasteiger partial charge in [0, 0.05) is 87.0 Å². The summed E-state index contributed by atoms with van der Waals surface area (Å²) in [4.78, 5) is 5.14. The van der Waals surface area contributed by atoms with E-state index in [2.05, 4.69) is 267 Å². The van der Waals surface area contributed by atoms with Gasteiger partial charge in [-0.1, -0.05) is 168 Å². The Balaban J connectivity index is 1.14. The Morgan fingerprint density at radius 2 is 1.03 bits per heavy atom. The van der Waals surface area contributed by atoms with Gasteiger partial charge in [-0.2, -0.15) is 0 Å². The molecule has 0 saturated carbocycles. The molecular weight excluding hydrogens is 942 g/mol. The number of furan rings is 1. The molecule has 12 aromatic rings. The zero-order chi connectivity index (χ0) is 52.5. The average molecular weight is 1010 g/mol. The molecule has 76 heavy (non-hydrogen) atoms. The van der Waals surface area contributed by atoms with E-state index in [-0.39, 0.29) is 28.5 Å². The summed E-state index contributed by atoms with van der Waals surface area (Å²) in [6.07, 6.45) is 0. The fourth-order valence-corrected chi connectivity index (χ4v) is 13.8. The molecule has 0 atom stereocenters. The van der Waals surface area contributed by atoms with E-state index in [1.54, 1.807) is 0 Å². The third kappa shape index (κ3) is 6.95. The first kappa shape index (κ1) is 47.0. The van der Waals surface area contributed by atoms with Crippen LogP contribution in [0.4, 0.5) is 28.4 Å². The fraction of sp³-hybridized carbons (Fsp3) is 0.229. The predicted molar refractivity (Wildman–Crippen MR) is 329 cm³/mol. The second kappa shape index (κ2) is 16.0. The van der Waals surface area contributed by atoms with Gasteiger partial charge >= 0.3 is 6.85 Å². The summed E-state index contributed by atoms with van der Waals surface area (Å²) in [5.74, 6) is 0. The van der Waals surface area contributed by atoms with Crippen molar-refractivity contribution in [1.82, 2.24) is 4.57 Å². The van der Waals surface area contributed by atoms with Crippen molar-refractivity contribution in [2.24, 2.45) is 0 Å². The smallest absolute Gasteiger partial charge is 0.333 e. The molecule has 0 spiro atoms. The van der Waals surface area contributed by atoms with Crippen LogP contribution in [-0.2, 0) is 21.7 Å². The highest BCUT2D eigenvalue weighted by Gasteiger charge is 2.46. The van der Waals surface area contributed by atoms with E-state index in [9.17, 15) is 0 Å². The van der Waals surface area contributed by atoms with Crippen molar-refractivity contribution in [2.45, 2.75) is 105 Å². The summed E-state index contributed by atoms with van der Waals surface area (Å²) >= 11 is 1.88. The number of rotatable bonds is 4. The largest absolute Gasteiger partial charge is 0.455 e. The Bertz CT molecular complexity index is 4310. The van der Waals surface area contributed by atoms with Crippen molar-refractivity contribution in [1.29, 1.82) is 0 Å². The first-order valence-electron chi connectivity index (χ1n) is 27.2. The van der Waals surface area contributed by atoms with Gasteiger partial charge in [0.15, 0.2) is 0 Å². The molecule has 3 aromatic heterocycles. The highest BCUT2D eigenvalue weighted by molar-refractivity contribution is 7.25. The molecule has 0 fully saturated rings. The molecular formula is C70H64BN3OS. The van der Waals surface area contributed by atoms with E-state index in [4.69, 9.17) is 4.42 Å². The van der Waals surface area contributed by atoms with Crippen LogP contribution >= 0.6 is 11.3 Å². The highest BCUT2D eigenvalue weighted by Crippen LogP contribution is 2.54. The summed E-state index contributed by atoms with van der Waals surface area (Å²) in [5, 5.41) is 7.40. The van der Waals surface area contributed by atoms with Gasteiger partial charge in [-0.25, -0.2) is 0 Å². The summed E-state index contributed by atoms with van der Waals surface area (Å²) < 4.78 is 12.6. The van der Waals surface area contributed by atoms with Gasteiger partial charge in [0.05, 0.1) is 11.0 Å². The van der Waals surface area contributed by atoms with E-state index in [0.717, 1.165) is 39.3 Å². The molecule has 0 saturated heterocycles. The minimum Gasteiger partial charge on any atom is -0.455 e. The number of thiophene rings is 1. The molecule has 0 unspecified atom stereocenters. The average Bonchev–Trinajstić information content (AvgIpc) is 3.96. The van der Waals surface area contributed by atoms with Crippen LogP contribution in [-0.4, -0.2) is 11.4 Å². The van der Waals surface area contributed by atoms with E-state index in [1.165, 1.54) is 103 Å². The Morgan fingerprint density at radius 3 is 1.66 bits per heavy atom. The molecule has 9 aromatic carbocycles. The third-order valence-corrected chi connectivity index (χ3v) is 17.9. The lowest BCUT2D eigenvalue weighted by Gasteiger charge is -2.42. The maximum atomic E-state index is 7.37. The molecule has 5 heterocycles. The van der Waals surface area contributed by atoms with Crippen molar-refractivity contribution in [3.8, 4) is 16.8 Å². The predicted octanol–water partition coefficient (Wildman–Crippen LogP) is 18.9. The molecule has 0 bridgehead atoms. The summed E-state index contributed by atoms with van der Waals surface area (Å²) in [5.41, 5.74) is 21.3. The Hall–Kier alpha value is -7.54. The van der Waals surface area contributed by atoms with Gasteiger partial charge < -0.3 is 18.7 Å². The van der Waals surface area contributed by atoms with Crippen molar-refractivity contribution < 1.29 is 4.42 Å². The van der Waals surface area contributed by atoms with E-state index >= 15 is 0 Å². The molecule has 14 rings (SSSR count). The molecule has 6 heteroatoms. The number of nitrogens with zero attached hydrogens (tertiary/aromatic N) is 3. The highest BCUT2D eigenvalue weighted by atomic mass is 32.1. The van der Waals surface area contributed by atoms with Crippen LogP contribution in [0.15, 0.2) is 174 Å². The van der Waals surface area contributed by atoms with Gasteiger partial charge in [-0.3, -0.25) is 0 Å². The number of hydrogen-bond acceptors (Lipinski definition) is 4. The van der Waals surface area contributed by atoms with Crippen LogP contribution in [0.5, 0.6) is 0 Å². The van der Waals surface area contributed by atoms with E-state index < -0.39 is 0 Å². The third-order valence-electron chi connectivity index (χ3n) is 16.8. The van der Waals surface area contributed by atoms with Crippen molar-refractivity contribution in [2.75, 3.05) is 9.71 Å². The van der Waals surface area contributed by atoms with Crippen molar-refractivity contribution >= 4 is 121 Å². The van der Waals surface area contributed by atoms with E-state index in [1.807, 2.05) is 11.3 Å². The van der Waals surface area contributed by atoms with Gasteiger partial charge in [0.25, 0.3) is 0 Å². The zero-order valence-electron chi connectivity index (χ0n) is 45.9. The molecule has 0 aliphatic carbocycles. The standard InChI is InChI=1S/C70H64BN3OS/c1-67(2,3)41-21-28-45(29-22-41)72(46-30-23-42(24-31-46)68(4,5)6)48-34-35-54-57(38-48)73-55-36-27-44(70(10,11)12)37-52(55)61-62-50-18-13-15-19-58(50)75-66(62)63-53-40-60-51(49-17-14-16-20-59(49)76-60)39-56(53)74(71(54)64(63)65(61)73)47-32-25-43(26-33-47)69(7,8)9/h13-40H,1-12H3. The Labute approximate surface area is 451 Å². The molecule has 0 amide bonds. The monoisotopic (exact) mass is 1010 g/mol. The second-order valence-corrected chi connectivity index (χ2v) is 26.9. The van der Waals surface area contributed by atoms with Crippen LogP contribution in [0.25, 0.3) is 80.7 Å². The number of hydrogen-bond donors (Lipinski definition) is 0. The number of anilines is 5. The van der Waals surface area contributed by atoms with E-state index in [0.29, 0.717) is 0 Å². The SMILES string of the molecule is CC(C)(C)c1ccc(N2B3c4ccc(N(c5ccc(C(C)(C)C)cc5)c5ccc(C(C)(C)C)cc5)cc4-n4c5ccc(C(C)(C)C)cc5c5c6c(oc7ccccc76)c(c3c54)-c3cc4sc5ccccc5c4cc32)cc1. The van der Waals surface area contributed by atoms with Gasteiger partial charge in [0.1, 0.15) is 11.2 Å².